The van der Waals surface area contributed by atoms with Crippen molar-refractivity contribution >= 4 is 5.91 Å². The van der Waals surface area contributed by atoms with Crippen LogP contribution in [0.2, 0.25) is 0 Å². The van der Waals surface area contributed by atoms with Crippen LogP contribution in [0.5, 0.6) is 0 Å². The van der Waals surface area contributed by atoms with E-state index < -0.39 is 0 Å². The Kier molecular flexibility index (Phi) is 3.60. The monoisotopic (exact) mass is 229 g/mol. The number of rotatable bonds is 4. The van der Waals surface area contributed by atoms with Crippen LogP contribution in [0.3, 0.4) is 0 Å². The van der Waals surface area contributed by atoms with E-state index in [4.69, 9.17) is 4.42 Å². The van der Waals surface area contributed by atoms with E-state index in [1.165, 1.54) is 0 Å². The largest absolute Gasteiger partial charge is 0.464 e. The smallest absolute Gasteiger partial charge is 0.251 e. The molecule has 0 spiro atoms. The van der Waals surface area contributed by atoms with Gasteiger partial charge in [0.1, 0.15) is 5.76 Å². The second kappa shape index (κ2) is 5.34. The molecule has 2 aromatic rings. The quantitative estimate of drug-likeness (QED) is 0.875. The number of benzene rings is 1. The van der Waals surface area contributed by atoms with Gasteiger partial charge in [0, 0.05) is 17.7 Å². The van der Waals surface area contributed by atoms with E-state index in [2.05, 4.69) is 5.32 Å². The van der Waals surface area contributed by atoms with Gasteiger partial charge < -0.3 is 9.73 Å². The van der Waals surface area contributed by atoms with Crippen LogP contribution in [0, 0.1) is 0 Å². The maximum Gasteiger partial charge on any atom is 0.251 e. The first-order valence-corrected chi connectivity index (χ1v) is 5.73. The molecule has 1 aromatic heterocycles. The Balaban J connectivity index is 2.20. The summed E-state index contributed by atoms with van der Waals surface area (Å²) in [6.07, 6.45) is 2.56. The van der Waals surface area contributed by atoms with Gasteiger partial charge in [-0.3, -0.25) is 4.79 Å². The first-order chi connectivity index (χ1) is 8.31. The molecule has 1 amide bonds. The molecule has 2 rings (SSSR count). The van der Waals surface area contributed by atoms with Gasteiger partial charge in [0.05, 0.1) is 6.26 Å². The predicted molar refractivity (Wildman–Crippen MR) is 66.8 cm³/mol. The Morgan fingerprint density at radius 3 is 2.88 bits per heavy atom. The Labute approximate surface area is 100 Å². The summed E-state index contributed by atoms with van der Waals surface area (Å²) in [5.74, 6) is 0.732. The molecular formula is C14H15NO2. The van der Waals surface area contributed by atoms with Crippen molar-refractivity contribution in [1.29, 1.82) is 0 Å². The highest BCUT2D eigenvalue weighted by Crippen LogP contribution is 2.20. The average molecular weight is 229 g/mol. The topological polar surface area (TPSA) is 42.2 Å². The fraction of sp³-hybridized carbons (Fsp3) is 0.214. The second-order valence-corrected chi connectivity index (χ2v) is 3.81. The van der Waals surface area contributed by atoms with Gasteiger partial charge >= 0.3 is 0 Å². The van der Waals surface area contributed by atoms with Gasteiger partial charge in [-0.05, 0) is 30.7 Å². The van der Waals surface area contributed by atoms with E-state index in [0.717, 1.165) is 17.7 Å². The van der Waals surface area contributed by atoms with Crippen molar-refractivity contribution in [2.24, 2.45) is 0 Å². The van der Waals surface area contributed by atoms with Crippen LogP contribution in [0.25, 0.3) is 11.3 Å². The van der Waals surface area contributed by atoms with E-state index in [-0.39, 0.29) is 5.91 Å². The van der Waals surface area contributed by atoms with E-state index in [1.54, 1.807) is 12.3 Å². The Bertz CT molecular complexity index is 489. The lowest BCUT2D eigenvalue weighted by molar-refractivity contribution is 0.0953. The van der Waals surface area contributed by atoms with E-state index in [9.17, 15) is 4.79 Å². The molecule has 1 aromatic carbocycles. The zero-order chi connectivity index (χ0) is 12.1. The minimum Gasteiger partial charge on any atom is -0.464 e. The summed E-state index contributed by atoms with van der Waals surface area (Å²) in [5, 5.41) is 2.85. The van der Waals surface area contributed by atoms with Gasteiger partial charge in [-0.15, -0.1) is 0 Å². The third-order valence-electron chi connectivity index (χ3n) is 2.47. The lowest BCUT2D eigenvalue weighted by Gasteiger charge is -2.04. The number of hydrogen-bond donors (Lipinski definition) is 1. The molecule has 0 fully saturated rings. The lowest BCUT2D eigenvalue weighted by atomic mass is 10.1. The van der Waals surface area contributed by atoms with Crippen LogP contribution in [0.1, 0.15) is 23.7 Å². The summed E-state index contributed by atoms with van der Waals surface area (Å²) >= 11 is 0. The van der Waals surface area contributed by atoms with Gasteiger partial charge in [-0.2, -0.15) is 0 Å². The molecule has 1 heterocycles. The highest BCUT2D eigenvalue weighted by atomic mass is 16.3. The van der Waals surface area contributed by atoms with Crippen molar-refractivity contribution in [2.45, 2.75) is 13.3 Å². The zero-order valence-electron chi connectivity index (χ0n) is 9.77. The highest BCUT2D eigenvalue weighted by molar-refractivity contribution is 5.95. The Morgan fingerprint density at radius 1 is 1.29 bits per heavy atom. The second-order valence-electron chi connectivity index (χ2n) is 3.81. The van der Waals surface area contributed by atoms with Crippen molar-refractivity contribution in [3.05, 3.63) is 48.2 Å². The first kappa shape index (κ1) is 11.5. The molecule has 0 aliphatic rings. The molecule has 17 heavy (non-hydrogen) atoms. The van der Waals surface area contributed by atoms with Gasteiger partial charge in [-0.25, -0.2) is 0 Å². The molecule has 0 saturated heterocycles. The lowest BCUT2D eigenvalue weighted by Crippen LogP contribution is -2.23. The van der Waals surface area contributed by atoms with Crippen molar-refractivity contribution in [2.75, 3.05) is 6.54 Å². The van der Waals surface area contributed by atoms with Crippen LogP contribution in [0.4, 0.5) is 0 Å². The van der Waals surface area contributed by atoms with Crippen molar-refractivity contribution < 1.29 is 9.21 Å². The zero-order valence-corrected chi connectivity index (χ0v) is 9.77. The summed E-state index contributed by atoms with van der Waals surface area (Å²) in [5.41, 5.74) is 1.58. The summed E-state index contributed by atoms with van der Waals surface area (Å²) in [6, 6.07) is 11.1. The molecule has 0 unspecified atom stereocenters. The predicted octanol–water partition coefficient (Wildman–Crippen LogP) is 3.09. The van der Waals surface area contributed by atoms with E-state index >= 15 is 0 Å². The van der Waals surface area contributed by atoms with E-state index in [1.807, 2.05) is 37.3 Å². The third kappa shape index (κ3) is 2.75. The SMILES string of the molecule is CCCNC(=O)c1cccc(-c2ccco2)c1. The molecule has 3 nitrogen and oxygen atoms in total. The number of nitrogens with one attached hydrogen (secondary N) is 1. The molecule has 0 saturated carbocycles. The van der Waals surface area contributed by atoms with Gasteiger partial charge in [0.2, 0.25) is 0 Å². The fourth-order valence-corrected chi connectivity index (χ4v) is 1.60. The van der Waals surface area contributed by atoms with Gasteiger partial charge in [0.25, 0.3) is 5.91 Å². The summed E-state index contributed by atoms with van der Waals surface area (Å²) < 4.78 is 5.30. The van der Waals surface area contributed by atoms with Crippen molar-refractivity contribution in [3.8, 4) is 11.3 Å². The molecular weight excluding hydrogens is 214 g/mol. The Morgan fingerprint density at radius 2 is 2.18 bits per heavy atom. The van der Waals surface area contributed by atoms with Crippen LogP contribution in [-0.2, 0) is 0 Å². The fourth-order valence-electron chi connectivity index (χ4n) is 1.60. The molecule has 0 bridgehead atoms. The molecule has 0 aliphatic carbocycles. The molecule has 0 radical (unpaired) electrons. The molecule has 0 atom stereocenters. The summed E-state index contributed by atoms with van der Waals surface area (Å²) in [4.78, 5) is 11.8. The standard InChI is InChI=1S/C14H15NO2/c1-2-8-15-14(16)12-6-3-5-11(10-12)13-7-4-9-17-13/h3-7,9-10H,2,8H2,1H3,(H,15,16). The number of amides is 1. The minimum atomic E-state index is -0.0414. The van der Waals surface area contributed by atoms with Crippen molar-refractivity contribution in [1.82, 2.24) is 5.32 Å². The third-order valence-corrected chi connectivity index (χ3v) is 2.47. The summed E-state index contributed by atoms with van der Waals surface area (Å²) in [7, 11) is 0. The average Bonchev–Trinajstić information content (AvgIpc) is 2.90. The first-order valence-electron chi connectivity index (χ1n) is 5.73. The maximum absolute atomic E-state index is 11.8. The van der Waals surface area contributed by atoms with Crippen LogP contribution < -0.4 is 5.32 Å². The normalized spacial score (nSPS) is 10.2. The van der Waals surface area contributed by atoms with Gasteiger partial charge in [-0.1, -0.05) is 19.1 Å². The number of carbonyl (C=O) groups excluding carboxylic acids is 1. The van der Waals surface area contributed by atoms with E-state index in [0.29, 0.717) is 12.1 Å². The number of furan rings is 1. The van der Waals surface area contributed by atoms with Crippen LogP contribution >= 0.6 is 0 Å². The molecule has 1 N–H and O–H groups in total. The highest BCUT2D eigenvalue weighted by Gasteiger charge is 2.07. The number of carbonyl (C=O) groups is 1. The molecule has 88 valence electrons. The van der Waals surface area contributed by atoms with Crippen LogP contribution in [-0.4, -0.2) is 12.5 Å². The summed E-state index contributed by atoms with van der Waals surface area (Å²) in [6.45, 7) is 2.73. The van der Waals surface area contributed by atoms with Crippen molar-refractivity contribution in [3.63, 3.8) is 0 Å². The molecule has 0 aliphatic heterocycles. The minimum absolute atomic E-state index is 0.0414. The maximum atomic E-state index is 11.8. The van der Waals surface area contributed by atoms with Gasteiger partial charge in [0.15, 0.2) is 0 Å². The van der Waals surface area contributed by atoms with Crippen LogP contribution in [0.15, 0.2) is 47.1 Å². The Hall–Kier alpha value is -2.03. The number of hydrogen-bond acceptors (Lipinski definition) is 2. The molecule has 3 heteroatoms.